The molecule has 1 aliphatic rings. The van der Waals surface area contributed by atoms with E-state index in [-0.39, 0.29) is 5.91 Å². The number of aromatic nitrogens is 1. The lowest BCUT2D eigenvalue weighted by Gasteiger charge is -2.09. The summed E-state index contributed by atoms with van der Waals surface area (Å²) >= 11 is 0. The Labute approximate surface area is 107 Å². The van der Waals surface area contributed by atoms with Gasteiger partial charge < -0.3 is 15.4 Å². The zero-order chi connectivity index (χ0) is 12.8. The molecule has 1 aliphatic heterocycles. The molecule has 1 saturated heterocycles. The maximum atomic E-state index is 11.9. The predicted molar refractivity (Wildman–Crippen MR) is 69.7 cm³/mol. The van der Waals surface area contributed by atoms with Gasteiger partial charge in [0.05, 0.1) is 0 Å². The molecule has 98 valence electrons. The Balaban J connectivity index is 1.79. The van der Waals surface area contributed by atoms with Crippen LogP contribution in [0.15, 0.2) is 18.2 Å². The second kappa shape index (κ2) is 6.35. The molecule has 2 heterocycles. The topological polar surface area (TPSA) is 63.2 Å². The SMILES string of the molecule is CNc1cccc(C(=O)NCCC2CCOC2)n1. The van der Waals surface area contributed by atoms with Gasteiger partial charge in [0.25, 0.3) is 5.91 Å². The monoisotopic (exact) mass is 249 g/mol. The number of ether oxygens (including phenoxy) is 1. The van der Waals surface area contributed by atoms with E-state index in [0.29, 0.717) is 24.0 Å². The third kappa shape index (κ3) is 3.43. The molecule has 0 bridgehead atoms. The number of nitrogens with one attached hydrogen (secondary N) is 2. The summed E-state index contributed by atoms with van der Waals surface area (Å²) in [6.07, 6.45) is 2.07. The summed E-state index contributed by atoms with van der Waals surface area (Å²) in [6.45, 7) is 2.35. The number of carbonyl (C=O) groups is 1. The number of amides is 1. The van der Waals surface area contributed by atoms with E-state index in [1.165, 1.54) is 0 Å². The van der Waals surface area contributed by atoms with Crippen molar-refractivity contribution in [1.82, 2.24) is 10.3 Å². The normalized spacial score (nSPS) is 18.6. The van der Waals surface area contributed by atoms with E-state index < -0.39 is 0 Å². The Bertz CT molecular complexity index is 403. The molecule has 1 aromatic rings. The van der Waals surface area contributed by atoms with E-state index in [0.717, 1.165) is 26.1 Å². The minimum Gasteiger partial charge on any atom is -0.381 e. The predicted octanol–water partition coefficient (Wildman–Crippen LogP) is 1.28. The Morgan fingerprint density at radius 1 is 1.56 bits per heavy atom. The van der Waals surface area contributed by atoms with Crippen LogP contribution < -0.4 is 10.6 Å². The van der Waals surface area contributed by atoms with Crippen LogP contribution in [0.3, 0.4) is 0 Å². The van der Waals surface area contributed by atoms with Crippen molar-refractivity contribution in [3.63, 3.8) is 0 Å². The van der Waals surface area contributed by atoms with Crippen molar-refractivity contribution in [3.8, 4) is 0 Å². The number of nitrogens with zero attached hydrogens (tertiary/aromatic N) is 1. The number of rotatable bonds is 5. The van der Waals surface area contributed by atoms with Crippen molar-refractivity contribution in [3.05, 3.63) is 23.9 Å². The number of hydrogen-bond acceptors (Lipinski definition) is 4. The minimum absolute atomic E-state index is 0.119. The molecule has 5 heteroatoms. The molecule has 1 amide bonds. The van der Waals surface area contributed by atoms with Gasteiger partial charge in [0.15, 0.2) is 0 Å². The fraction of sp³-hybridized carbons (Fsp3) is 0.538. The van der Waals surface area contributed by atoms with Crippen LogP contribution in [0.4, 0.5) is 5.82 Å². The quantitative estimate of drug-likeness (QED) is 0.825. The molecule has 1 atom stereocenters. The van der Waals surface area contributed by atoms with E-state index in [9.17, 15) is 4.79 Å². The highest BCUT2D eigenvalue weighted by molar-refractivity contribution is 5.92. The van der Waals surface area contributed by atoms with Gasteiger partial charge in [0.1, 0.15) is 11.5 Å². The standard InChI is InChI=1S/C13H19N3O2/c1-14-12-4-2-3-11(16-12)13(17)15-7-5-10-6-8-18-9-10/h2-4,10H,5-9H2,1H3,(H,14,16)(H,15,17). The van der Waals surface area contributed by atoms with E-state index in [2.05, 4.69) is 15.6 Å². The number of anilines is 1. The first-order chi connectivity index (χ1) is 8.79. The first kappa shape index (κ1) is 12.8. The summed E-state index contributed by atoms with van der Waals surface area (Å²) in [7, 11) is 1.78. The summed E-state index contributed by atoms with van der Waals surface area (Å²) in [5.41, 5.74) is 0.449. The van der Waals surface area contributed by atoms with Gasteiger partial charge in [-0.25, -0.2) is 4.98 Å². The highest BCUT2D eigenvalue weighted by Gasteiger charge is 2.15. The molecule has 0 aliphatic carbocycles. The lowest BCUT2D eigenvalue weighted by molar-refractivity contribution is 0.0945. The van der Waals surface area contributed by atoms with Gasteiger partial charge in [-0.3, -0.25) is 4.79 Å². The number of hydrogen-bond donors (Lipinski definition) is 2. The molecule has 1 aromatic heterocycles. The van der Waals surface area contributed by atoms with Gasteiger partial charge in [0.2, 0.25) is 0 Å². The van der Waals surface area contributed by atoms with Gasteiger partial charge in [-0.05, 0) is 30.9 Å². The Morgan fingerprint density at radius 3 is 3.17 bits per heavy atom. The molecule has 0 saturated carbocycles. The van der Waals surface area contributed by atoms with Gasteiger partial charge >= 0.3 is 0 Å². The molecule has 1 fully saturated rings. The molecule has 1 unspecified atom stereocenters. The highest BCUT2D eigenvalue weighted by Crippen LogP contribution is 2.15. The fourth-order valence-electron chi connectivity index (χ4n) is 1.99. The van der Waals surface area contributed by atoms with Gasteiger partial charge in [0, 0.05) is 26.8 Å². The first-order valence-electron chi connectivity index (χ1n) is 6.30. The fourth-order valence-corrected chi connectivity index (χ4v) is 1.99. The molecule has 2 N–H and O–H groups in total. The van der Waals surface area contributed by atoms with Crippen molar-refractivity contribution < 1.29 is 9.53 Å². The van der Waals surface area contributed by atoms with Crippen molar-refractivity contribution >= 4 is 11.7 Å². The second-order valence-electron chi connectivity index (χ2n) is 4.43. The third-order valence-electron chi connectivity index (χ3n) is 3.10. The Morgan fingerprint density at radius 2 is 2.44 bits per heavy atom. The van der Waals surface area contributed by atoms with Crippen molar-refractivity contribution in [2.45, 2.75) is 12.8 Å². The van der Waals surface area contributed by atoms with E-state index in [1.807, 2.05) is 12.1 Å². The largest absolute Gasteiger partial charge is 0.381 e. The van der Waals surface area contributed by atoms with Crippen molar-refractivity contribution in [2.75, 3.05) is 32.1 Å². The van der Waals surface area contributed by atoms with Crippen LogP contribution in [0, 0.1) is 5.92 Å². The van der Waals surface area contributed by atoms with Crippen LogP contribution in [-0.4, -0.2) is 37.7 Å². The molecule has 0 spiro atoms. The van der Waals surface area contributed by atoms with Crippen LogP contribution in [0.5, 0.6) is 0 Å². The highest BCUT2D eigenvalue weighted by atomic mass is 16.5. The maximum absolute atomic E-state index is 11.9. The van der Waals surface area contributed by atoms with Crippen LogP contribution >= 0.6 is 0 Å². The zero-order valence-electron chi connectivity index (χ0n) is 10.6. The van der Waals surface area contributed by atoms with Crippen molar-refractivity contribution in [1.29, 1.82) is 0 Å². The first-order valence-corrected chi connectivity index (χ1v) is 6.30. The molecule has 2 rings (SSSR count). The molecule has 5 nitrogen and oxygen atoms in total. The zero-order valence-corrected chi connectivity index (χ0v) is 10.6. The summed E-state index contributed by atoms with van der Waals surface area (Å²) in [6, 6.07) is 5.36. The van der Waals surface area contributed by atoms with E-state index >= 15 is 0 Å². The molecular formula is C13H19N3O2. The smallest absolute Gasteiger partial charge is 0.269 e. The lowest BCUT2D eigenvalue weighted by atomic mass is 10.1. The summed E-state index contributed by atoms with van der Waals surface area (Å²) < 4.78 is 5.30. The van der Waals surface area contributed by atoms with Gasteiger partial charge in [-0.2, -0.15) is 0 Å². The number of carbonyl (C=O) groups excluding carboxylic acids is 1. The van der Waals surface area contributed by atoms with E-state index in [4.69, 9.17) is 4.74 Å². The van der Waals surface area contributed by atoms with Crippen LogP contribution in [-0.2, 0) is 4.74 Å². The molecular weight excluding hydrogens is 230 g/mol. The summed E-state index contributed by atoms with van der Waals surface area (Å²) in [4.78, 5) is 16.0. The number of pyridine rings is 1. The maximum Gasteiger partial charge on any atom is 0.269 e. The van der Waals surface area contributed by atoms with E-state index in [1.54, 1.807) is 13.1 Å². The minimum atomic E-state index is -0.119. The average Bonchev–Trinajstić information content (AvgIpc) is 2.92. The second-order valence-corrected chi connectivity index (χ2v) is 4.43. The molecule has 0 radical (unpaired) electrons. The van der Waals surface area contributed by atoms with Crippen molar-refractivity contribution in [2.24, 2.45) is 5.92 Å². The lowest BCUT2D eigenvalue weighted by Crippen LogP contribution is -2.27. The third-order valence-corrected chi connectivity index (χ3v) is 3.10. The summed E-state index contributed by atoms with van der Waals surface area (Å²) in [5, 5.41) is 5.81. The Hall–Kier alpha value is -1.62. The Kier molecular flexibility index (Phi) is 4.52. The van der Waals surface area contributed by atoms with Crippen LogP contribution in [0.2, 0.25) is 0 Å². The van der Waals surface area contributed by atoms with Crippen LogP contribution in [0.25, 0.3) is 0 Å². The van der Waals surface area contributed by atoms with Gasteiger partial charge in [-0.15, -0.1) is 0 Å². The van der Waals surface area contributed by atoms with Gasteiger partial charge in [-0.1, -0.05) is 6.07 Å². The molecule has 18 heavy (non-hydrogen) atoms. The average molecular weight is 249 g/mol. The summed E-state index contributed by atoms with van der Waals surface area (Å²) in [5.74, 6) is 1.17. The molecule has 0 aromatic carbocycles. The van der Waals surface area contributed by atoms with Crippen LogP contribution in [0.1, 0.15) is 23.3 Å².